The molecular weight excluding hydrogens is 404 g/mol. The van der Waals surface area contributed by atoms with Crippen LogP contribution < -0.4 is 10.6 Å². The van der Waals surface area contributed by atoms with Crippen LogP contribution in [0.3, 0.4) is 0 Å². The van der Waals surface area contributed by atoms with Gasteiger partial charge in [-0.25, -0.2) is 9.50 Å². The Morgan fingerprint density at radius 2 is 1.81 bits per heavy atom. The average molecular weight is 437 g/mol. The summed E-state index contributed by atoms with van der Waals surface area (Å²) >= 11 is 0. The third-order valence-corrected chi connectivity index (χ3v) is 6.27. The lowest BCUT2D eigenvalue weighted by Gasteiger charge is -2.34. The number of amides is 1. The summed E-state index contributed by atoms with van der Waals surface area (Å²) in [7, 11) is 1.50. The predicted octanol–water partition coefficient (Wildman–Crippen LogP) is 3.29. The van der Waals surface area contributed by atoms with Crippen LogP contribution in [0.4, 0.5) is 5.82 Å². The quantitative estimate of drug-likeness (QED) is 0.654. The molecule has 0 saturated carbocycles. The van der Waals surface area contributed by atoms with Crippen molar-refractivity contribution in [1.82, 2.24) is 19.5 Å². The molecule has 2 fully saturated rings. The average Bonchev–Trinajstić information content (AvgIpc) is 3.49. The number of fused-ring (bicyclic) bond motifs is 1. The van der Waals surface area contributed by atoms with Crippen molar-refractivity contribution in [2.45, 2.75) is 45.1 Å². The van der Waals surface area contributed by atoms with Crippen molar-refractivity contribution >= 4 is 17.4 Å². The van der Waals surface area contributed by atoms with E-state index in [1.54, 1.807) is 24.3 Å². The zero-order valence-corrected chi connectivity index (χ0v) is 18.9. The number of aromatic hydroxyl groups is 1. The van der Waals surface area contributed by atoms with Crippen LogP contribution in [-0.2, 0) is 0 Å². The van der Waals surface area contributed by atoms with Crippen molar-refractivity contribution in [3.8, 4) is 5.75 Å². The lowest BCUT2D eigenvalue weighted by molar-refractivity contribution is 0.0602. The first-order valence-electron chi connectivity index (χ1n) is 11.4. The van der Waals surface area contributed by atoms with Crippen LogP contribution in [0.5, 0.6) is 5.75 Å². The number of rotatable bonds is 3. The van der Waals surface area contributed by atoms with Gasteiger partial charge in [0, 0.05) is 37.5 Å². The summed E-state index contributed by atoms with van der Waals surface area (Å²) in [6, 6.07) is 8.66. The number of likely N-dealkylation sites (tertiary alicyclic amines) is 1. The topological polar surface area (TPSA) is 100.0 Å². The third-order valence-electron chi connectivity index (χ3n) is 6.27. The number of hydrogen-bond acceptors (Lipinski definition) is 6. The van der Waals surface area contributed by atoms with Crippen molar-refractivity contribution in [3.63, 3.8) is 0 Å². The minimum atomic E-state index is -0.142. The van der Waals surface area contributed by atoms with Crippen LogP contribution in [0.15, 0.2) is 36.5 Å². The van der Waals surface area contributed by atoms with Gasteiger partial charge in [-0.1, -0.05) is 12.1 Å². The second-order valence-corrected chi connectivity index (χ2v) is 8.34. The maximum absolute atomic E-state index is 13.2. The van der Waals surface area contributed by atoms with E-state index in [0.29, 0.717) is 12.1 Å². The van der Waals surface area contributed by atoms with Crippen LogP contribution in [0.2, 0.25) is 0 Å². The molecule has 5 rings (SSSR count). The van der Waals surface area contributed by atoms with Gasteiger partial charge in [0.15, 0.2) is 5.65 Å². The number of hydrogen-bond donors (Lipinski definition) is 2. The zero-order chi connectivity index (χ0) is 22.7. The fourth-order valence-electron chi connectivity index (χ4n) is 4.72. The van der Waals surface area contributed by atoms with Gasteiger partial charge in [-0.2, -0.15) is 5.10 Å². The number of carbonyl (C=O) groups is 1. The molecule has 0 radical (unpaired) electrons. The van der Waals surface area contributed by atoms with Crippen LogP contribution in [-0.4, -0.2) is 57.2 Å². The largest absolute Gasteiger partial charge is 0.507 e. The molecule has 1 atom stereocenters. The Hall–Kier alpha value is -3.13. The van der Waals surface area contributed by atoms with E-state index in [4.69, 9.17) is 10.1 Å². The van der Waals surface area contributed by atoms with E-state index in [-0.39, 0.29) is 17.7 Å². The van der Waals surface area contributed by atoms with Gasteiger partial charge in [-0.15, -0.1) is 0 Å². The molecule has 0 aliphatic carbocycles. The van der Waals surface area contributed by atoms with E-state index in [2.05, 4.69) is 17.6 Å². The van der Waals surface area contributed by atoms with E-state index >= 15 is 0 Å². The number of nitrogens with zero attached hydrogens (tertiary/aromatic N) is 5. The lowest BCUT2D eigenvalue weighted by atomic mass is 9.98. The fraction of sp³-hybridized carbons (Fsp3) is 0.458. The zero-order valence-electron chi connectivity index (χ0n) is 18.9. The molecule has 170 valence electrons. The number of anilines is 1. The predicted molar refractivity (Wildman–Crippen MR) is 125 cm³/mol. The molecular formula is C24H32N6O2. The molecule has 0 bridgehead atoms. The molecule has 2 aliphatic rings. The number of phenols is 1. The molecule has 4 heterocycles. The van der Waals surface area contributed by atoms with Crippen LogP contribution in [0.25, 0.3) is 5.65 Å². The highest BCUT2D eigenvalue weighted by molar-refractivity contribution is 5.97. The Labute approximate surface area is 188 Å². The summed E-state index contributed by atoms with van der Waals surface area (Å²) in [6.45, 7) is 4.85. The third kappa shape index (κ3) is 4.14. The first kappa shape index (κ1) is 22.1. The second-order valence-electron chi connectivity index (χ2n) is 8.34. The molecule has 2 aromatic heterocycles. The van der Waals surface area contributed by atoms with Gasteiger partial charge in [0.05, 0.1) is 17.3 Å². The number of carbonyl (C=O) groups excluding carboxylic acids is 1. The van der Waals surface area contributed by atoms with Crippen molar-refractivity contribution in [3.05, 3.63) is 53.3 Å². The number of nitrogens with two attached hydrogens (primary N) is 1. The highest BCUT2D eigenvalue weighted by Crippen LogP contribution is 2.33. The molecule has 3 N–H and O–H groups in total. The van der Waals surface area contributed by atoms with E-state index < -0.39 is 0 Å². The monoisotopic (exact) mass is 436 g/mol. The highest BCUT2D eigenvalue weighted by atomic mass is 16.3. The maximum atomic E-state index is 13.2. The fourth-order valence-corrected chi connectivity index (χ4v) is 4.72. The van der Waals surface area contributed by atoms with Gasteiger partial charge in [-0.3, -0.25) is 4.79 Å². The molecule has 8 heteroatoms. The maximum Gasteiger partial charge on any atom is 0.258 e. The minimum Gasteiger partial charge on any atom is -0.507 e. The summed E-state index contributed by atoms with van der Waals surface area (Å²) in [4.78, 5) is 22.3. The summed E-state index contributed by atoms with van der Waals surface area (Å²) in [5.74, 6) is 0.920. The van der Waals surface area contributed by atoms with E-state index in [0.717, 1.165) is 55.1 Å². The van der Waals surface area contributed by atoms with E-state index in [1.165, 1.54) is 19.9 Å². The normalized spacial score (nSPS) is 18.5. The first-order chi connectivity index (χ1) is 15.6. The van der Waals surface area contributed by atoms with E-state index in [9.17, 15) is 9.90 Å². The number of piperidine rings is 1. The number of aromatic nitrogens is 3. The van der Waals surface area contributed by atoms with Gasteiger partial charge in [-0.05, 0) is 58.2 Å². The molecule has 8 nitrogen and oxygen atoms in total. The molecule has 2 saturated heterocycles. The van der Waals surface area contributed by atoms with Crippen LogP contribution in [0.1, 0.15) is 59.8 Å². The number of aryl methyl sites for hydroxylation is 1. The SMILES string of the molecule is CN.Cc1cn2nc([C@@H]3CCCCN3C(=O)c3ccccc3O)cc2nc1N1CCCC1. The summed E-state index contributed by atoms with van der Waals surface area (Å²) in [5, 5.41) is 15.0. The summed E-state index contributed by atoms with van der Waals surface area (Å²) < 4.78 is 1.83. The molecule has 32 heavy (non-hydrogen) atoms. The van der Waals surface area contributed by atoms with Crippen molar-refractivity contribution in [2.75, 3.05) is 31.6 Å². The Bertz CT molecular complexity index is 1090. The molecule has 1 aromatic carbocycles. The molecule has 0 spiro atoms. The molecule has 1 amide bonds. The van der Waals surface area contributed by atoms with Gasteiger partial charge < -0.3 is 20.6 Å². The van der Waals surface area contributed by atoms with Crippen molar-refractivity contribution in [2.24, 2.45) is 5.73 Å². The van der Waals surface area contributed by atoms with Crippen molar-refractivity contribution < 1.29 is 9.90 Å². The first-order valence-corrected chi connectivity index (χ1v) is 11.4. The smallest absolute Gasteiger partial charge is 0.258 e. The Balaban J connectivity index is 0.00000119. The standard InChI is InChI=1S/C23H27N5O2.CH5N/c1-16-15-28-21(24-22(16)26-11-6-7-12-26)14-18(25-28)19-9-4-5-13-27(19)23(30)17-8-2-3-10-20(17)29;1-2/h2-3,8,10,14-15,19,29H,4-7,9,11-13H2,1H3;2H2,1H3/t19-;/m0./s1. The van der Waals surface area contributed by atoms with Crippen molar-refractivity contribution in [1.29, 1.82) is 0 Å². The summed E-state index contributed by atoms with van der Waals surface area (Å²) in [6.07, 6.45) is 7.33. The number of para-hydroxylation sites is 1. The Morgan fingerprint density at radius 3 is 2.56 bits per heavy atom. The van der Waals surface area contributed by atoms with Crippen LogP contribution >= 0.6 is 0 Å². The highest BCUT2D eigenvalue weighted by Gasteiger charge is 2.32. The van der Waals surface area contributed by atoms with Gasteiger partial charge >= 0.3 is 0 Å². The summed E-state index contributed by atoms with van der Waals surface area (Å²) in [5.41, 5.74) is 7.64. The van der Waals surface area contributed by atoms with Crippen LogP contribution in [0, 0.1) is 6.92 Å². The lowest BCUT2D eigenvalue weighted by Crippen LogP contribution is -2.38. The Morgan fingerprint density at radius 1 is 1.09 bits per heavy atom. The number of phenolic OH excluding ortho intramolecular Hbond substituents is 1. The van der Waals surface area contributed by atoms with E-state index in [1.807, 2.05) is 21.7 Å². The molecule has 0 unspecified atom stereocenters. The van der Waals surface area contributed by atoms with Gasteiger partial charge in [0.1, 0.15) is 11.6 Å². The number of benzene rings is 1. The van der Waals surface area contributed by atoms with Gasteiger partial charge in [0.25, 0.3) is 5.91 Å². The minimum absolute atomic E-state index is 0.0226. The Kier molecular flexibility index (Phi) is 6.60. The second kappa shape index (κ2) is 9.56. The van der Waals surface area contributed by atoms with Gasteiger partial charge in [0.2, 0.25) is 0 Å². The molecule has 3 aromatic rings. The molecule has 2 aliphatic heterocycles.